The van der Waals surface area contributed by atoms with E-state index in [2.05, 4.69) is 15.3 Å². The standard InChI is InChI=1S/C19H20N4O4S2/c1-23(2)29(25,26)17-10-13(7-8-16(17)27-3)21-18(24)11-14-12-28-19(22-14)15-6-4-5-9-20-15/h4-10,12H,11H2,1-3H3,(H,21,24). The lowest BCUT2D eigenvalue weighted by Crippen LogP contribution is -2.23. The van der Waals surface area contributed by atoms with Gasteiger partial charge in [0, 0.05) is 31.4 Å². The Morgan fingerprint density at radius 1 is 1.24 bits per heavy atom. The van der Waals surface area contributed by atoms with Crippen molar-refractivity contribution in [3.63, 3.8) is 0 Å². The summed E-state index contributed by atoms with van der Waals surface area (Å²) in [7, 11) is 0.532. The zero-order valence-electron chi connectivity index (χ0n) is 16.1. The van der Waals surface area contributed by atoms with Gasteiger partial charge in [-0.25, -0.2) is 17.7 Å². The van der Waals surface area contributed by atoms with Crippen LogP contribution in [0.15, 0.2) is 52.9 Å². The number of rotatable bonds is 7. The normalized spacial score (nSPS) is 11.4. The van der Waals surface area contributed by atoms with Gasteiger partial charge >= 0.3 is 0 Å². The van der Waals surface area contributed by atoms with E-state index in [1.54, 1.807) is 17.6 Å². The third-order valence-corrected chi connectivity index (χ3v) is 6.73. The average molecular weight is 433 g/mol. The van der Waals surface area contributed by atoms with E-state index in [1.165, 1.54) is 44.7 Å². The Morgan fingerprint density at radius 2 is 2.03 bits per heavy atom. The summed E-state index contributed by atoms with van der Waals surface area (Å²) in [6, 6.07) is 10.0. The lowest BCUT2D eigenvalue weighted by atomic mass is 10.2. The molecule has 1 N–H and O–H groups in total. The predicted molar refractivity (Wildman–Crippen MR) is 112 cm³/mol. The van der Waals surface area contributed by atoms with E-state index in [0.29, 0.717) is 11.4 Å². The molecular formula is C19H20N4O4S2. The summed E-state index contributed by atoms with van der Waals surface area (Å²) in [4.78, 5) is 21.1. The van der Waals surface area contributed by atoms with Crippen LogP contribution >= 0.6 is 11.3 Å². The van der Waals surface area contributed by atoms with Crippen LogP contribution in [0, 0.1) is 0 Å². The molecule has 0 spiro atoms. The van der Waals surface area contributed by atoms with Gasteiger partial charge in [0.05, 0.1) is 24.9 Å². The number of thiazole rings is 1. The number of amides is 1. The Morgan fingerprint density at radius 3 is 2.69 bits per heavy atom. The number of sulfonamides is 1. The quantitative estimate of drug-likeness (QED) is 0.616. The van der Waals surface area contributed by atoms with Crippen LogP contribution in [-0.2, 0) is 21.2 Å². The van der Waals surface area contributed by atoms with Crippen LogP contribution < -0.4 is 10.1 Å². The molecule has 1 amide bonds. The molecular weight excluding hydrogens is 412 g/mol. The Bertz CT molecular complexity index is 1110. The van der Waals surface area contributed by atoms with Crippen LogP contribution in [0.2, 0.25) is 0 Å². The number of anilines is 1. The number of nitrogens with zero attached hydrogens (tertiary/aromatic N) is 3. The van der Waals surface area contributed by atoms with Gasteiger partial charge < -0.3 is 10.1 Å². The van der Waals surface area contributed by atoms with E-state index in [4.69, 9.17) is 4.74 Å². The van der Waals surface area contributed by atoms with Gasteiger partial charge in [-0.15, -0.1) is 11.3 Å². The maximum absolute atomic E-state index is 12.5. The summed E-state index contributed by atoms with van der Waals surface area (Å²) >= 11 is 1.41. The molecule has 0 aliphatic heterocycles. The first-order chi connectivity index (χ1) is 13.8. The molecule has 0 aliphatic rings. The highest BCUT2D eigenvalue weighted by molar-refractivity contribution is 7.89. The van der Waals surface area contributed by atoms with Gasteiger partial charge in [0.1, 0.15) is 15.7 Å². The van der Waals surface area contributed by atoms with Crippen molar-refractivity contribution >= 4 is 33.0 Å². The zero-order chi connectivity index (χ0) is 21.0. The number of pyridine rings is 1. The second-order valence-corrected chi connectivity index (χ2v) is 9.22. The Labute approximate surface area is 173 Å². The molecule has 0 atom stereocenters. The average Bonchev–Trinajstić information content (AvgIpc) is 3.16. The number of hydrogen-bond acceptors (Lipinski definition) is 7. The second-order valence-electron chi connectivity index (χ2n) is 6.24. The molecule has 0 radical (unpaired) electrons. The Hall–Kier alpha value is -2.82. The summed E-state index contributed by atoms with van der Waals surface area (Å²) in [5, 5.41) is 5.25. The zero-order valence-corrected chi connectivity index (χ0v) is 17.8. The molecule has 8 nitrogen and oxygen atoms in total. The van der Waals surface area contributed by atoms with Gasteiger partial charge in [0.15, 0.2) is 0 Å². The Kier molecular flexibility index (Phi) is 6.26. The van der Waals surface area contributed by atoms with Crippen LogP contribution in [0.3, 0.4) is 0 Å². The molecule has 0 saturated heterocycles. The molecule has 29 heavy (non-hydrogen) atoms. The van der Waals surface area contributed by atoms with E-state index in [1.807, 2.05) is 18.2 Å². The maximum Gasteiger partial charge on any atom is 0.246 e. The molecule has 0 bridgehead atoms. The first-order valence-electron chi connectivity index (χ1n) is 8.57. The number of hydrogen-bond donors (Lipinski definition) is 1. The summed E-state index contributed by atoms with van der Waals surface area (Å²) < 4.78 is 31.2. The number of benzene rings is 1. The van der Waals surface area contributed by atoms with Gasteiger partial charge in [-0.3, -0.25) is 9.78 Å². The molecule has 3 aromatic rings. The van der Waals surface area contributed by atoms with Crippen LogP contribution in [-0.4, -0.2) is 49.8 Å². The number of ether oxygens (including phenoxy) is 1. The van der Waals surface area contributed by atoms with E-state index in [-0.39, 0.29) is 23.0 Å². The van der Waals surface area contributed by atoms with E-state index in [0.717, 1.165) is 15.0 Å². The van der Waals surface area contributed by atoms with Gasteiger partial charge in [-0.2, -0.15) is 0 Å². The second kappa shape index (κ2) is 8.68. The highest BCUT2D eigenvalue weighted by atomic mass is 32.2. The molecule has 0 saturated carbocycles. The predicted octanol–water partition coefficient (Wildman–Crippen LogP) is 2.65. The van der Waals surface area contributed by atoms with E-state index >= 15 is 0 Å². The monoisotopic (exact) mass is 432 g/mol. The summed E-state index contributed by atoms with van der Waals surface area (Å²) in [5.41, 5.74) is 1.72. The fourth-order valence-electron chi connectivity index (χ4n) is 2.52. The number of aromatic nitrogens is 2. The SMILES string of the molecule is COc1ccc(NC(=O)Cc2csc(-c3ccccn3)n2)cc1S(=O)(=O)N(C)C. The first-order valence-corrected chi connectivity index (χ1v) is 10.9. The van der Waals surface area contributed by atoms with Crippen LogP contribution in [0.5, 0.6) is 5.75 Å². The minimum atomic E-state index is -3.72. The minimum absolute atomic E-state index is 0.0195. The van der Waals surface area contributed by atoms with Crippen LogP contribution in [0.1, 0.15) is 5.69 Å². The maximum atomic E-state index is 12.5. The third-order valence-electron chi connectivity index (χ3n) is 3.98. The number of nitrogens with one attached hydrogen (secondary N) is 1. The molecule has 0 aliphatic carbocycles. The molecule has 3 rings (SSSR count). The molecule has 2 heterocycles. The first kappa shape index (κ1) is 20.9. The largest absolute Gasteiger partial charge is 0.495 e. The van der Waals surface area contributed by atoms with Crippen LogP contribution in [0.25, 0.3) is 10.7 Å². The summed E-state index contributed by atoms with van der Waals surface area (Å²) in [5.74, 6) is -0.0996. The van der Waals surface area contributed by atoms with Crippen molar-refractivity contribution in [1.82, 2.24) is 14.3 Å². The molecule has 152 valence electrons. The van der Waals surface area contributed by atoms with E-state index in [9.17, 15) is 13.2 Å². The molecule has 10 heteroatoms. The Balaban J connectivity index is 1.75. The van der Waals surface area contributed by atoms with Gasteiger partial charge in [0.25, 0.3) is 0 Å². The highest BCUT2D eigenvalue weighted by Gasteiger charge is 2.23. The smallest absolute Gasteiger partial charge is 0.246 e. The molecule has 1 aromatic carbocycles. The fourth-order valence-corrected chi connectivity index (χ4v) is 4.39. The highest BCUT2D eigenvalue weighted by Crippen LogP contribution is 2.29. The van der Waals surface area contributed by atoms with Gasteiger partial charge in [0.2, 0.25) is 15.9 Å². The lowest BCUT2D eigenvalue weighted by Gasteiger charge is -2.15. The topological polar surface area (TPSA) is 101 Å². The van der Waals surface area contributed by atoms with Crippen molar-refractivity contribution < 1.29 is 17.9 Å². The molecule has 0 unspecified atom stereocenters. The summed E-state index contributed by atoms with van der Waals surface area (Å²) in [6.45, 7) is 0. The van der Waals surface area contributed by atoms with Crippen molar-refractivity contribution in [2.75, 3.05) is 26.5 Å². The lowest BCUT2D eigenvalue weighted by molar-refractivity contribution is -0.115. The van der Waals surface area contributed by atoms with Crippen LogP contribution in [0.4, 0.5) is 5.69 Å². The van der Waals surface area contributed by atoms with Crippen molar-refractivity contribution in [3.05, 3.63) is 53.7 Å². The molecule has 2 aromatic heterocycles. The van der Waals surface area contributed by atoms with Crippen molar-refractivity contribution in [1.29, 1.82) is 0 Å². The minimum Gasteiger partial charge on any atom is -0.495 e. The number of carbonyl (C=O) groups is 1. The van der Waals surface area contributed by atoms with E-state index < -0.39 is 10.0 Å². The van der Waals surface area contributed by atoms with Crippen molar-refractivity contribution in [2.24, 2.45) is 0 Å². The van der Waals surface area contributed by atoms with Crippen molar-refractivity contribution in [2.45, 2.75) is 11.3 Å². The number of methoxy groups -OCH3 is 1. The van der Waals surface area contributed by atoms with Crippen molar-refractivity contribution in [3.8, 4) is 16.5 Å². The third kappa shape index (κ3) is 4.78. The molecule has 0 fully saturated rings. The van der Waals surface area contributed by atoms with Gasteiger partial charge in [-0.1, -0.05) is 6.07 Å². The number of carbonyl (C=O) groups excluding carboxylic acids is 1. The fraction of sp³-hybridized carbons (Fsp3) is 0.211. The van der Waals surface area contributed by atoms with Gasteiger partial charge in [-0.05, 0) is 30.3 Å². The summed E-state index contributed by atoms with van der Waals surface area (Å²) in [6.07, 6.45) is 1.75.